The van der Waals surface area contributed by atoms with Gasteiger partial charge in [0, 0.05) is 81.3 Å². The van der Waals surface area contributed by atoms with E-state index in [0.717, 1.165) is 48.7 Å². The topological polar surface area (TPSA) is 77.9 Å². The van der Waals surface area contributed by atoms with Crippen molar-refractivity contribution in [2.45, 2.75) is 50.9 Å². The predicted molar refractivity (Wildman–Crippen MR) is 153 cm³/mol. The Hall–Kier alpha value is -3.44. The average Bonchev–Trinajstić information content (AvgIpc) is 3.23. The fourth-order valence-electron chi connectivity index (χ4n) is 6.96. The van der Waals surface area contributed by atoms with E-state index >= 15 is 0 Å². The molecule has 41 heavy (non-hydrogen) atoms. The lowest BCUT2D eigenvalue weighted by atomic mass is 9.83. The van der Waals surface area contributed by atoms with E-state index in [1.807, 2.05) is 24.8 Å². The molecule has 9 nitrogen and oxygen atoms in total. The zero-order chi connectivity index (χ0) is 28.9. The van der Waals surface area contributed by atoms with Crippen molar-refractivity contribution < 1.29 is 18.3 Å². The summed E-state index contributed by atoms with van der Waals surface area (Å²) >= 11 is 0. The number of piperazine rings is 1. The van der Waals surface area contributed by atoms with Gasteiger partial charge in [0.15, 0.2) is 0 Å². The number of alkyl halides is 2. The molecule has 0 radical (unpaired) electrons. The summed E-state index contributed by atoms with van der Waals surface area (Å²) in [6.07, 6.45) is 3.23. The second kappa shape index (κ2) is 10.8. The third-order valence-corrected chi connectivity index (χ3v) is 9.19. The van der Waals surface area contributed by atoms with E-state index in [2.05, 4.69) is 43.0 Å². The van der Waals surface area contributed by atoms with Crippen LogP contribution in [-0.4, -0.2) is 89.3 Å². The monoisotopic (exact) mass is 565 g/mol. The maximum atomic E-state index is 14.3. The minimum Gasteiger partial charge on any atom is -0.368 e. The maximum Gasteiger partial charge on any atom is 0.281 e. The number of aromatic nitrogens is 3. The molecule has 3 fully saturated rings. The van der Waals surface area contributed by atoms with Crippen LogP contribution >= 0.6 is 0 Å². The standard InChI is InChI=1S/C30H37F2N7O2/c1-5-22-23(39-17-21(18-39)36-11-13-38(14-12-36)25(40)6-2)15-24(34-28(22)29(31)32)37-9-7-30(8-10-37)26-19(3)16-33-35-27(26)20(4)41-30/h5-6,15-16,20-21,29H,1-2,7-14,17-18H2,3-4H3/t20-/m1/s1. The van der Waals surface area contributed by atoms with Crippen molar-refractivity contribution >= 4 is 23.5 Å². The Balaban J connectivity index is 1.19. The van der Waals surface area contributed by atoms with Crippen molar-refractivity contribution in [2.24, 2.45) is 0 Å². The molecule has 1 atom stereocenters. The van der Waals surface area contributed by atoms with Gasteiger partial charge in [-0.3, -0.25) is 9.69 Å². The van der Waals surface area contributed by atoms with Gasteiger partial charge in [-0.15, -0.1) is 0 Å². The Morgan fingerprint density at radius 3 is 2.46 bits per heavy atom. The highest BCUT2D eigenvalue weighted by molar-refractivity contribution is 5.87. The van der Waals surface area contributed by atoms with E-state index in [1.165, 1.54) is 12.2 Å². The lowest BCUT2D eigenvalue weighted by Gasteiger charge is -2.49. The summed E-state index contributed by atoms with van der Waals surface area (Å²) in [6.45, 7) is 17.1. The number of halogens is 2. The van der Waals surface area contributed by atoms with Gasteiger partial charge in [-0.2, -0.15) is 10.2 Å². The number of anilines is 2. The molecule has 3 saturated heterocycles. The molecule has 1 spiro atoms. The molecule has 0 aromatic carbocycles. The van der Waals surface area contributed by atoms with Crippen LogP contribution in [0.3, 0.4) is 0 Å². The molecular formula is C30H37F2N7O2. The highest BCUT2D eigenvalue weighted by atomic mass is 19.3. The van der Waals surface area contributed by atoms with Crippen molar-refractivity contribution in [3.05, 3.63) is 59.6 Å². The van der Waals surface area contributed by atoms with Crippen molar-refractivity contribution in [1.29, 1.82) is 0 Å². The fraction of sp³-hybridized carbons (Fsp3) is 0.533. The van der Waals surface area contributed by atoms with Gasteiger partial charge in [0.05, 0.1) is 17.5 Å². The molecule has 2 aromatic rings. The number of nitrogens with zero attached hydrogens (tertiary/aromatic N) is 7. The molecule has 218 valence electrons. The first-order valence-electron chi connectivity index (χ1n) is 14.4. The number of rotatable bonds is 6. The number of carbonyl (C=O) groups is 1. The molecule has 0 bridgehead atoms. The molecule has 0 saturated carbocycles. The highest BCUT2D eigenvalue weighted by Gasteiger charge is 2.48. The largest absolute Gasteiger partial charge is 0.368 e. The number of hydrogen-bond acceptors (Lipinski definition) is 8. The SMILES string of the molecule is C=CC(=O)N1CCN(C2CN(c3cc(N4CCC5(CC4)O[C@H](C)c4nncc(C)c45)nc(C(F)F)c3C=C)C2)CC1. The molecule has 0 aliphatic carbocycles. The van der Waals surface area contributed by atoms with E-state index in [9.17, 15) is 13.6 Å². The minimum atomic E-state index is -2.71. The Bertz CT molecular complexity index is 1350. The molecule has 0 unspecified atom stereocenters. The van der Waals surface area contributed by atoms with E-state index in [-0.39, 0.29) is 17.7 Å². The highest BCUT2D eigenvalue weighted by Crippen LogP contribution is 2.50. The first kappa shape index (κ1) is 27.7. The van der Waals surface area contributed by atoms with E-state index in [4.69, 9.17) is 4.74 Å². The van der Waals surface area contributed by atoms with Crippen LogP contribution in [0.15, 0.2) is 31.5 Å². The van der Waals surface area contributed by atoms with Crippen LogP contribution in [0.4, 0.5) is 20.3 Å². The minimum absolute atomic E-state index is 0.0370. The van der Waals surface area contributed by atoms with Gasteiger partial charge in [-0.1, -0.05) is 19.2 Å². The van der Waals surface area contributed by atoms with Gasteiger partial charge in [0.25, 0.3) is 6.43 Å². The van der Waals surface area contributed by atoms with Gasteiger partial charge in [-0.25, -0.2) is 13.8 Å². The molecule has 6 heterocycles. The number of fused-ring (bicyclic) bond motifs is 2. The first-order chi connectivity index (χ1) is 19.7. The molecule has 2 aromatic heterocycles. The average molecular weight is 566 g/mol. The van der Waals surface area contributed by atoms with Crippen molar-refractivity contribution in [3.63, 3.8) is 0 Å². The lowest BCUT2D eigenvalue weighted by Crippen LogP contribution is -2.63. The van der Waals surface area contributed by atoms with Gasteiger partial charge >= 0.3 is 0 Å². The number of ether oxygens (including phenoxy) is 1. The van der Waals surface area contributed by atoms with Crippen LogP contribution in [0.25, 0.3) is 6.08 Å². The van der Waals surface area contributed by atoms with Crippen LogP contribution in [0, 0.1) is 6.92 Å². The summed E-state index contributed by atoms with van der Waals surface area (Å²) < 4.78 is 35.1. The van der Waals surface area contributed by atoms with Gasteiger partial charge in [0.2, 0.25) is 5.91 Å². The van der Waals surface area contributed by atoms with Crippen LogP contribution in [0.2, 0.25) is 0 Å². The quantitative estimate of drug-likeness (QED) is 0.489. The lowest BCUT2D eigenvalue weighted by molar-refractivity contribution is -0.128. The Kier molecular flexibility index (Phi) is 7.27. The summed E-state index contributed by atoms with van der Waals surface area (Å²) in [5, 5.41) is 8.48. The third-order valence-electron chi connectivity index (χ3n) is 9.19. The molecule has 1 amide bonds. The molecule has 0 N–H and O–H groups in total. The van der Waals surface area contributed by atoms with Crippen molar-refractivity contribution in [2.75, 3.05) is 62.2 Å². The molecular weight excluding hydrogens is 528 g/mol. The number of aryl methyl sites for hydroxylation is 1. The third kappa shape index (κ3) is 4.78. The Morgan fingerprint density at radius 1 is 1.12 bits per heavy atom. The van der Waals surface area contributed by atoms with Crippen molar-refractivity contribution in [3.8, 4) is 0 Å². The second-order valence-electron chi connectivity index (χ2n) is 11.5. The van der Waals surface area contributed by atoms with E-state index < -0.39 is 12.0 Å². The second-order valence-corrected chi connectivity index (χ2v) is 11.5. The summed E-state index contributed by atoms with van der Waals surface area (Å²) in [4.78, 5) is 24.8. The zero-order valence-electron chi connectivity index (χ0n) is 23.7. The Morgan fingerprint density at radius 2 is 1.83 bits per heavy atom. The summed E-state index contributed by atoms with van der Waals surface area (Å²) in [6, 6.07) is 2.25. The van der Waals surface area contributed by atoms with Crippen LogP contribution in [0.1, 0.15) is 60.4 Å². The van der Waals surface area contributed by atoms with Crippen LogP contribution in [0.5, 0.6) is 0 Å². The van der Waals surface area contributed by atoms with Gasteiger partial charge in [-0.05, 0) is 38.3 Å². The molecule has 11 heteroatoms. The first-order valence-corrected chi connectivity index (χ1v) is 14.4. The van der Waals surface area contributed by atoms with Crippen molar-refractivity contribution in [1.82, 2.24) is 25.0 Å². The smallest absolute Gasteiger partial charge is 0.281 e. The molecule has 6 rings (SSSR count). The summed E-state index contributed by atoms with van der Waals surface area (Å²) in [5.74, 6) is 0.525. The number of pyridine rings is 1. The zero-order valence-corrected chi connectivity index (χ0v) is 23.7. The molecule has 4 aliphatic heterocycles. The number of piperidine rings is 1. The van der Waals surface area contributed by atoms with E-state index in [1.54, 1.807) is 6.20 Å². The van der Waals surface area contributed by atoms with Crippen LogP contribution in [-0.2, 0) is 15.1 Å². The Labute approximate surface area is 239 Å². The number of carbonyl (C=O) groups excluding carboxylic acids is 1. The number of amides is 1. The summed E-state index contributed by atoms with van der Waals surface area (Å²) in [7, 11) is 0. The van der Waals surface area contributed by atoms with Crippen LogP contribution < -0.4 is 9.80 Å². The maximum absolute atomic E-state index is 14.3. The van der Waals surface area contributed by atoms with E-state index in [0.29, 0.717) is 56.4 Å². The number of hydrogen-bond donors (Lipinski definition) is 0. The fourth-order valence-corrected chi connectivity index (χ4v) is 6.96. The normalized spacial score (nSPS) is 22.7. The molecule has 4 aliphatic rings. The van der Waals surface area contributed by atoms with Gasteiger partial charge < -0.3 is 19.4 Å². The summed E-state index contributed by atoms with van der Waals surface area (Å²) in [5.41, 5.74) is 3.58. The van der Waals surface area contributed by atoms with Gasteiger partial charge in [0.1, 0.15) is 17.6 Å². The predicted octanol–water partition coefficient (Wildman–Crippen LogP) is 3.87.